The van der Waals surface area contributed by atoms with E-state index in [1.54, 1.807) is 0 Å². The van der Waals surface area contributed by atoms with Gasteiger partial charge in [0.2, 0.25) is 11.8 Å². The quantitative estimate of drug-likeness (QED) is 0.565. The molecule has 0 aliphatic carbocycles. The number of carbonyl (C=O) groups is 4. The maximum absolute atomic E-state index is 12.0. The fourth-order valence-corrected chi connectivity index (χ4v) is 2.68. The molecule has 1 heterocycles. The van der Waals surface area contributed by atoms with E-state index in [9.17, 15) is 19.2 Å². The lowest BCUT2D eigenvalue weighted by atomic mass is 10.2. The van der Waals surface area contributed by atoms with Gasteiger partial charge in [-0.25, -0.2) is 10.0 Å². The van der Waals surface area contributed by atoms with E-state index in [1.807, 2.05) is 10.0 Å². The molecule has 0 saturated carbocycles. The average Bonchev–Trinajstić information content (AvgIpc) is 2.70. The molecule has 0 radical (unpaired) electrons. The van der Waals surface area contributed by atoms with E-state index in [1.165, 1.54) is 13.8 Å². The lowest BCUT2D eigenvalue weighted by molar-refractivity contribution is -0.129. The van der Waals surface area contributed by atoms with Gasteiger partial charge in [0.15, 0.2) is 0 Å². The second-order valence-electron chi connectivity index (χ2n) is 6.88. The van der Waals surface area contributed by atoms with Gasteiger partial charge in [0.1, 0.15) is 11.6 Å². The van der Waals surface area contributed by atoms with Crippen molar-refractivity contribution in [2.45, 2.75) is 46.5 Å². The molecule has 9 nitrogen and oxygen atoms in total. The van der Waals surface area contributed by atoms with E-state index in [2.05, 4.69) is 22.7 Å². The van der Waals surface area contributed by atoms with Crippen molar-refractivity contribution in [2.75, 3.05) is 45.8 Å². The first kappa shape index (κ1) is 23.2. The van der Waals surface area contributed by atoms with Crippen molar-refractivity contribution in [3.8, 4) is 0 Å². The first-order chi connectivity index (χ1) is 12.8. The number of hydrogen-bond donors (Lipinski definition) is 2. The van der Waals surface area contributed by atoms with E-state index >= 15 is 0 Å². The summed E-state index contributed by atoms with van der Waals surface area (Å²) in [4.78, 5) is 48.4. The summed E-state index contributed by atoms with van der Waals surface area (Å²) in [5.74, 6) is -0.369. The summed E-state index contributed by atoms with van der Waals surface area (Å²) in [5, 5.41) is 3.68. The first-order valence-corrected chi connectivity index (χ1v) is 9.60. The lowest BCUT2D eigenvalue weighted by Gasteiger charge is -2.26. The Balaban J connectivity index is 2.59. The SMILES string of the molecule is CCN1CCN(NC(=O)CCC(C)=O)CCN(NC(=O)CCC(C)=O)CC1. The number of ketones is 2. The highest BCUT2D eigenvalue weighted by Crippen LogP contribution is 2.00. The number of Topliss-reactive ketones (excluding diaryl/α,β-unsaturated/α-hetero) is 2. The van der Waals surface area contributed by atoms with Gasteiger partial charge in [-0.2, -0.15) is 0 Å². The van der Waals surface area contributed by atoms with Gasteiger partial charge >= 0.3 is 0 Å². The summed E-state index contributed by atoms with van der Waals surface area (Å²) in [6.45, 7) is 9.94. The standard InChI is InChI=1S/C18H33N5O4/c1-4-21-9-11-22(19-17(26)7-5-15(2)24)13-14-23(12-10-21)20-18(27)8-6-16(3)25/h4-14H2,1-3H3,(H,19,26)(H,20,27). The van der Waals surface area contributed by atoms with Crippen LogP contribution in [0, 0.1) is 0 Å². The van der Waals surface area contributed by atoms with Crippen molar-refractivity contribution < 1.29 is 19.2 Å². The summed E-state index contributed by atoms with van der Waals surface area (Å²) >= 11 is 0. The molecule has 0 atom stereocenters. The van der Waals surface area contributed by atoms with Gasteiger partial charge in [-0.15, -0.1) is 0 Å². The molecule has 154 valence electrons. The fraction of sp³-hybridized carbons (Fsp3) is 0.778. The van der Waals surface area contributed by atoms with Crippen LogP contribution in [0.15, 0.2) is 0 Å². The number of rotatable bonds is 9. The van der Waals surface area contributed by atoms with Gasteiger partial charge in [-0.1, -0.05) is 6.92 Å². The van der Waals surface area contributed by atoms with E-state index in [0.717, 1.165) is 19.6 Å². The highest BCUT2D eigenvalue weighted by molar-refractivity contribution is 5.83. The topological polar surface area (TPSA) is 102 Å². The zero-order chi connectivity index (χ0) is 20.2. The Morgan fingerprint density at radius 1 is 0.667 bits per heavy atom. The molecule has 1 aliphatic heterocycles. The number of hydrazine groups is 2. The van der Waals surface area contributed by atoms with Crippen molar-refractivity contribution in [2.24, 2.45) is 0 Å². The summed E-state index contributed by atoms with van der Waals surface area (Å²) < 4.78 is 0. The Morgan fingerprint density at radius 2 is 1.04 bits per heavy atom. The number of amides is 2. The Hall–Kier alpha value is -1.84. The van der Waals surface area contributed by atoms with Gasteiger partial charge in [0.05, 0.1) is 0 Å². The molecule has 0 aromatic carbocycles. The highest BCUT2D eigenvalue weighted by atomic mass is 16.2. The van der Waals surface area contributed by atoms with Crippen molar-refractivity contribution in [1.82, 2.24) is 25.8 Å². The first-order valence-electron chi connectivity index (χ1n) is 9.60. The van der Waals surface area contributed by atoms with E-state index in [0.29, 0.717) is 26.2 Å². The average molecular weight is 383 g/mol. The second kappa shape index (κ2) is 12.5. The maximum Gasteiger partial charge on any atom is 0.234 e. The molecule has 1 rings (SSSR count). The van der Waals surface area contributed by atoms with Crippen LogP contribution in [0.3, 0.4) is 0 Å². The van der Waals surface area contributed by atoms with E-state index in [4.69, 9.17) is 0 Å². The molecule has 0 aromatic rings. The third-order valence-electron chi connectivity index (χ3n) is 4.43. The Morgan fingerprint density at radius 3 is 1.37 bits per heavy atom. The molecule has 1 saturated heterocycles. The molecule has 2 N–H and O–H groups in total. The molecule has 0 bridgehead atoms. The molecule has 27 heavy (non-hydrogen) atoms. The normalized spacial score (nSPS) is 17.4. The largest absolute Gasteiger partial charge is 0.301 e. The number of likely N-dealkylation sites (N-methyl/N-ethyl adjacent to an activating group) is 1. The number of nitrogens with zero attached hydrogens (tertiary/aromatic N) is 3. The van der Waals surface area contributed by atoms with Crippen LogP contribution in [0.1, 0.15) is 46.5 Å². The van der Waals surface area contributed by atoms with Gasteiger partial charge < -0.3 is 14.5 Å². The zero-order valence-electron chi connectivity index (χ0n) is 16.8. The van der Waals surface area contributed by atoms with Crippen molar-refractivity contribution in [3.05, 3.63) is 0 Å². The maximum atomic E-state index is 12.0. The van der Waals surface area contributed by atoms with Gasteiger partial charge in [-0.3, -0.25) is 20.4 Å². The molecule has 1 fully saturated rings. The Bertz CT molecular complexity index is 482. The minimum Gasteiger partial charge on any atom is -0.301 e. The van der Waals surface area contributed by atoms with Crippen LogP contribution in [-0.2, 0) is 19.2 Å². The third-order valence-corrected chi connectivity index (χ3v) is 4.43. The molecule has 9 heteroatoms. The molecular formula is C18H33N5O4. The number of carbonyl (C=O) groups excluding carboxylic acids is 4. The fourth-order valence-electron chi connectivity index (χ4n) is 2.68. The van der Waals surface area contributed by atoms with Crippen LogP contribution in [-0.4, -0.2) is 84.1 Å². The minimum absolute atomic E-state index is 0.00813. The smallest absolute Gasteiger partial charge is 0.234 e. The van der Waals surface area contributed by atoms with E-state index in [-0.39, 0.29) is 49.1 Å². The summed E-state index contributed by atoms with van der Waals surface area (Å²) in [6, 6.07) is 0. The Labute approximate surface area is 161 Å². The predicted octanol–water partition coefficient (Wildman–Crippen LogP) is -0.273. The van der Waals surface area contributed by atoms with Crippen LogP contribution >= 0.6 is 0 Å². The zero-order valence-corrected chi connectivity index (χ0v) is 16.8. The highest BCUT2D eigenvalue weighted by Gasteiger charge is 2.18. The molecule has 0 aromatic heterocycles. The molecule has 0 unspecified atom stereocenters. The third kappa shape index (κ3) is 10.8. The minimum atomic E-state index is -0.176. The van der Waals surface area contributed by atoms with Gasteiger partial charge in [0.25, 0.3) is 0 Å². The number of hydrogen-bond acceptors (Lipinski definition) is 7. The van der Waals surface area contributed by atoms with Crippen LogP contribution < -0.4 is 10.9 Å². The van der Waals surface area contributed by atoms with Crippen molar-refractivity contribution in [1.29, 1.82) is 0 Å². The van der Waals surface area contributed by atoms with Gasteiger partial charge in [-0.05, 0) is 20.4 Å². The summed E-state index contributed by atoms with van der Waals surface area (Å²) in [7, 11) is 0. The van der Waals surface area contributed by atoms with Crippen LogP contribution in [0.2, 0.25) is 0 Å². The second-order valence-corrected chi connectivity index (χ2v) is 6.88. The molecular weight excluding hydrogens is 350 g/mol. The lowest BCUT2D eigenvalue weighted by Crippen LogP contribution is -2.50. The monoisotopic (exact) mass is 383 g/mol. The molecule has 0 spiro atoms. The van der Waals surface area contributed by atoms with Gasteiger partial charge in [0, 0.05) is 65.0 Å². The van der Waals surface area contributed by atoms with Crippen LogP contribution in [0.5, 0.6) is 0 Å². The van der Waals surface area contributed by atoms with Crippen molar-refractivity contribution >= 4 is 23.4 Å². The molecule has 1 aliphatic rings. The van der Waals surface area contributed by atoms with Crippen molar-refractivity contribution in [3.63, 3.8) is 0 Å². The Kier molecular flexibility index (Phi) is 10.8. The number of nitrogens with one attached hydrogen (secondary N) is 2. The summed E-state index contributed by atoms with van der Waals surface area (Å²) in [6.07, 6.45) is 0.821. The van der Waals surface area contributed by atoms with Crippen LogP contribution in [0.4, 0.5) is 0 Å². The van der Waals surface area contributed by atoms with Crippen LogP contribution in [0.25, 0.3) is 0 Å². The predicted molar refractivity (Wildman–Crippen MR) is 101 cm³/mol. The van der Waals surface area contributed by atoms with E-state index < -0.39 is 0 Å². The molecule has 2 amide bonds. The summed E-state index contributed by atoms with van der Waals surface area (Å²) in [5.41, 5.74) is 5.72.